The lowest BCUT2D eigenvalue weighted by atomic mass is 10.0. The summed E-state index contributed by atoms with van der Waals surface area (Å²) < 4.78 is 29.4. The molecule has 1 fully saturated rings. The number of rotatable bonds is 6. The molecule has 0 bridgehead atoms. The van der Waals surface area contributed by atoms with Gasteiger partial charge in [-0.05, 0) is 54.7 Å². The van der Waals surface area contributed by atoms with E-state index in [-0.39, 0.29) is 5.56 Å². The second-order valence-electron chi connectivity index (χ2n) is 8.76. The number of benzene rings is 2. The van der Waals surface area contributed by atoms with Gasteiger partial charge in [0.25, 0.3) is 5.56 Å². The first-order valence-electron chi connectivity index (χ1n) is 11.3. The minimum atomic E-state index is -3.56. The Morgan fingerprint density at radius 1 is 0.879 bits per heavy atom. The minimum Gasteiger partial charge on any atom is -0.354 e. The van der Waals surface area contributed by atoms with Crippen LogP contribution in [0, 0.1) is 5.92 Å². The van der Waals surface area contributed by atoms with Crippen molar-refractivity contribution in [3.05, 3.63) is 82.6 Å². The molecule has 174 valence electrons. The van der Waals surface area contributed by atoms with Crippen molar-refractivity contribution in [1.29, 1.82) is 0 Å². The highest BCUT2D eigenvalue weighted by Crippen LogP contribution is 2.21. The quantitative estimate of drug-likeness (QED) is 0.557. The van der Waals surface area contributed by atoms with E-state index in [1.54, 1.807) is 22.5 Å². The van der Waals surface area contributed by atoms with Crippen LogP contribution in [0.3, 0.4) is 0 Å². The van der Waals surface area contributed by atoms with E-state index in [0.717, 1.165) is 12.0 Å². The Morgan fingerprint density at radius 2 is 1.61 bits per heavy atom. The van der Waals surface area contributed by atoms with E-state index in [4.69, 9.17) is 0 Å². The number of para-hydroxylation sites is 1. The van der Waals surface area contributed by atoms with Crippen LogP contribution in [0.1, 0.15) is 25.8 Å². The maximum Gasteiger partial charge on any atom is 0.271 e. The molecule has 7 nitrogen and oxygen atoms in total. The second-order valence-corrected chi connectivity index (χ2v) is 10.7. The van der Waals surface area contributed by atoms with Crippen molar-refractivity contribution < 1.29 is 8.42 Å². The van der Waals surface area contributed by atoms with Crippen LogP contribution in [0.5, 0.6) is 0 Å². The maximum absolute atomic E-state index is 13.2. The zero-order valence-corrected chi connectivity index (χ0v) is 19.9. The summed E-state index contributed by atoms with van der Waals surface area (Å²) in [5.74, 6) is 1.18. The number of nitrogens with zero attached hydrogens (tertiary/aromatic N) is 4. The predicted octanol–water partition coefficient (Wildman–Crippen LogP) is 3.33. The SMILES string of the molecule is CC(C)Cc1ccc(S(=O)(=O)N2CCCN(c3ccc(=O)n(-c4ccccc4)n3)CC2)cc1. The molecular formula is C25H30N4O3S. The van der Waals surface area contributed by atoms with Gasteiger partial charge in [0.15, 0.2) is 0 Å². The lowest BCUT2D eigenvalue weighted by Gasteiger charge is -2.23. The molecule has 4 rings (SSSR count). The van der Waals surface area contributed by atoms with Crippen molar-refractivity contribution in [1.82, 2.24) is 14.1 Å². The highest BCUT2D eigenvalue weighted by Gasteiger charge is 2.27. The Kier molecular flexibility index (Phi) is 6.95. The van der Waals surface area contributed by atoms with E-state index < -0.39 is 10.0 Å². The molecule has 0 saturated carbocycles. The fourth-order valence-electron chi connectivity index (χ4n) is 4.11. The monoisotopic (exact) mass is 466 g/mol. The first-order chi connectivity index (χ1) is 15.8. The fraction of sp³-hybridized carbons (Fsp3) is 0.360. The van der Waals surface area contributed by atoms with Crippen molar-refractivity contribution in [2.24, 2.45) is 5.92 Å². The largest absolute Gasteiger partial charge is 0.354 e. The summed E-state index contributed by atoms with van der Waals surface area (Å²) >= 11 is 0. The molecule has 0 spiro atoms. The summed E-state index contributed by atoms with van der Waals surface area (Å²) in [6.45, 7) is 6.28. The molecule has 0 unspecified atom stereocenters. The first-order valence-corrected chi connectivity index (χ1v) is 12.8. The molecule has 3 aromatic rings. The fourth-order valence-corrected chi connectivity index (χ4v) is 5.58. The molecule has 2 aromatic carbocycles. The molecule has 2 heterocycles. The van der Waals surface area contributed by atoms with Crippen LogP contribution in [-0.2, 0) is 16.4 Å². The minimum absolute atomic E-state index is 0.204. The van der Waals surface area contributed by atoms with Crippen molar-refractivity contribution in [3.8, 4) is 5.69 Å². The number of hydrogen-bond acceptors (Lipinski definition) is 5. The summed E-state index contributed by atoms with van der Waals surface area (Å²) in [4.78, 5) is 14.7. The van der Waals surface area contributed by atoms with Crippen LogP contribution in [0.15, 0.2) is 76.4 Å². The van der Waals surface area contributed by atoms with Crippen molar-refractivity contribution in [3.63, 3.8) is 0 Å². The standard InChI is InChI=1S/C25H30N4O3S/c1-20(2)19-21-9-11-23(12-10-21)33(31,32)28-16-6-15-27(17-18-28)24-13-14-25(30)29(26-24)22-7-4-3-5-8-22/h3-5,7-14,20H,6,15-19H2,1-2H3. The normalized spacial score (nSPS) is 15.5. The van der Waals surface area contributed by atoms with Gasteiger partial charge in [0.1, 0.15) is 5.82 Å². The van der Waals surface area contributed by atoms with Gasteiger partial charge >= 0.3 is 0 Å². The molecule has 8 heteroatoms. The molecule has 0 amide bonds. The average molecular weight is 467 g/mol. The van der Waals surface area contributed by atoms with Gasteiger partial charge in [-0.1, -0.05) is 44.2 Å². The van der Waals surface area contributed by atoms with Crippen LogP contribution in [0.4, 0.5) is 5.82 Å². The van der Waals surface area contributed by atoms with Crippen molar-refractivity contribution >= 4 is 15.8 Å². The topological polar surface area (TPSA) is 75.5 Å². The van der Waals surface area contributed by atoms with E-state index in [9.17, 15) is 13.2 Å². The highest BCUT2D eigenvalue weighted by atomic mass is 32.2. The van der Waals surface area contributed by atoms with E-state index in [1.165, 1.54) is 10.7 Å². The van der Waals surface area contributed by atoms with Gasteiger partial charge < -0.3 is 4.90 Å². The third-order valence-electron chi connectivity index (χ3n) is 5.77. The van der Waals surface area contributed by atoms with E-state index in [0.29, 0.717) is 54.9 Å². The molecule has 33 heavy (non-hydrogen) atoms. The molecular weight excluding hydrogens is 436 g/mol. The number of anilines is 1. The Morgan fingerprint density at radius 3 is 2.30 bits per heavy atom. The van der Waals surface area contributed by atoms with Crippen LogP contribution in [0.2, 0.25) is 0 Å². The van der Waals surface area contributed by atoms with E-state index in [1.807, 2.05) is 47.4 Å². The maximum atomic E-state index is 13.2. The number of hydrogen-bond donors (Lipinski definition) is 0. The summed E-state index contributed by atoms with van der Waals surface area (Å²) in [6.07, 6.45) is 1.61. The van der Waals surface area contributed by atoms with Gasteiger partial charge in [0, 0.05) is 32.2 Å². The lowest BCUT2D eigenvalue weighted by Crippen LogP contribution is -2.36. The number of aromatic nitrogens is 2. The average Bonchev–Trinajstić information content (AvgIpc) is 3.07. The van der Waals surface area contributed by atoms with Crippen LogP contribution in [-0.4, -0.2) is 48.7 Å². The van der Waals surface area contributed by atoms with Gasteiger partial charge in [-0.15, -0.1) is 5.10 Å². The molecule has 0 atom stereocenters. The van der Waals surface area contributed by atoms with Crippen molar-refractivity contribution in [2.75, 3.05) is 31.1 Å². The van der Waals surface area contributed by atoms with Crippen molar-refractivity contribution in [2.45, 2.75) is 31.6 Å². The molecule has 1 aliphatic heterocycles. The van der Waals surface area contributed by atoms with Crippen LogP contribution >= 0.6 is 0 Å². The van der Waals surface area contributed by atoms with Crippen LogP contribution in [0.25, 0.3) is 5.69 Å². The third-order valence-corrected chi connectivity index (χ3v) is 7.68. The first kappa shape index (κ1) is 23.2. The van der Waals surface area contributed by atoms with Gasteiger partial charge in [0.05, 0.1) is 10.6 Å². The molecule has 0 N–H and O–H groups in total. The Hall–Kier alpha value is -2.97. The van der Waals surface area contributed by atoms with Crippen LogP contribution < -0.4 is 10.5 Å². The highest BCUT2D eigenvalue weighted by molar-refractivity contribution is 7.89. The smallest absolute Gasteiger partial charge is 0.271 e. The Bertz CT molecular complexity index is 1240. The molecule has 0 aliphatic carbocycles. The van der Waals surface area contributed by atoms with Gasteiger partial charge in [-0.2, -0.15) is 8.99 Å². The van der Waals surface area contributed by atoms with E-state index >= 15 is 0 Å². The molecule has 1 saturated heterocycles. The van der Waals surface area contributed by atoms with Gasteiger partial charge in [-0.25, -0.2) is 8.42 Å². The van der Waals surface area contributed by atoms with Gasteiger partial charge in [0.2, 0.25) is 10.0 Å². The van der Waals surface area contributed by atoms with Gasteiger partial charge in [-0.3, -0.25) is 4.79 Å². The summed E-state index contributed by atoms with van der Waals surface area (Å²) in [7, 11) is -3.56. The molecule has 1 aliphatic rings. The number of sulfonamides is 1. The Labute approximate surface area is 195 Å². The Balaban J connectivity index is 1.50. The molecule has 0 radical (unpaired) electrons. The third kappa shape index (κ3) is 5.34. The zero-order valence-electron chi connectivity index (χ0n) is 19.1. The zero-order chi connectivity index (χ0) is 23.4. The molecule has 1 aromatic heterocycles. The van der Waals surface area contributed by atoms with E-state index in [2.05, 4.69) is 18.9 Å². The predicted molar refractivity (Wildman–Crippen MR) is 130 cm³/mol. The summed E-state index contributed by atoms with van der Waals surface area (Å²) in [5, 5.41) is 4.55. The lowest BCUT2D eigenvalue weighted by molar-refractivity contribution is 0.433. The summed E-state index contributed by atoms with van der Waals surface area (Å²) in [5.41, 5.74) is 1.64. The second kappa shape index (κ2) is 9.89. The summed E-state index contributed by atoms with van der Waals surface area (Å²) in [6, 6.07) is 19.7.